The monoisotopic (exact) mass is 446 g/mol. The number of amides is 1. The molecule has 0 spiro atoms. The minimum Gasteiger partial charge on any atom is -0.395 e. The fourth-order valence-corrected chi connectivity index (χ4v) is 6.84. The van der Waals surface area contributed by atoms with Gasteiger partial charge in [-0.2, -0.15) is 0 Å². The SMILES string of the molecule is Cl.O=C(NCCCCCOCC12CC3CC(CC(C3)C1)C2)[C@@H]1N[C@H](CO)[C@H](O)[C@@H]1O. The molecule has 0 unspecified atom stereocenters. The summed E-state index contributed by atoms with van der Waals surface area (Å²) >= 11 is 0. The molecule has 4 saturated carbocycles. The van der Waals surface area contributed by atoms with Crippen molar-refractivity contribution in [3.63, 3.8) is 0 Å². The number of ether oxygens (including phenoxy) is 1. The van der Waals surface area contributed by atoms with Crippen molar-refractivity contribution in [1.82, 2.24) is 10.6 Å². The summed E-state index contributed by atoms with van der Waals surface area (Å²) in [6.07, 6.45) is 9.11. The van der Waals surface area contributed by atoms with Crippen LogP contribution in [0.5, 0.6) is 0 Å². The summed E-state index contributed by atoms with van der Waals surface area (Å²) in [5, 5.41) is 34.4. The number of unbranched alkanes of at least 4 members (excludes halogenated alkanes) is 2. The molecule has 1 amide bonds. The first-order valence-electron chi connectivity index (χ1n) is 11.6. The van der Waals surface area contributed by atoms with E-state index in [1.807, 2.05) is 0 Å². The minimum atomic E-state index is -1.19. The molecule has 0 aromatic carbocycles. The highest BCUT2D eigenvalue weighted by atomic mass is 35.5. The number of carbonyl (C=O) groups is 1. The lowest BCUT2D eigenvalue weighted by Crippen LogP contribution is -2.48. The first-order valence-corrected chi connectivity index (χ1v) is 11.6. The van der Waals surface area contributed by atoms with E-state index in [9.17, 15) is 15.0 Å². The van der Waals surface area contributed by atoms with Crippen LogP contribution in [0.1, 0.15) is 57.8 Å². The molecule has 8 heteroatoms. The average molecular weight is 447 g/mol. The van der Waals surface area contributed by atoms with Crippen LogP contribution >= 0.6 is 12.4 Å². The number of carbonyl (C=O) groups excluding carboxylic acids is 1. The van der Waals surface area contributed by atoms with Gasteiger partial charge in [0.1, 0.15) is 12.1 Å². The van der Waals surface area contributed by atoms with E-state index in [1.165, 1.54) is 38.5 Å². The number of halogens is 1. The van der Waals surface area contributed by atoms with Crippen molar-refractivity contribution < 1.29 is 24.9 Å². The Morgan fingerprint density at radius 3 is 2.20 bits per heavy atom. The molecule has 5 rings (SSSR count). The van der Waals surface area contributed by atoms with E-state index >= 15 is 0 Å². The van der Waals surface area contributed by atoms with E-state index in [1.54, 1.807) is 0 Å². The zero-order valence-corrected chi connectivity index (χ0v) is 18.6. The molecule has 1 saturated heterocycles. The van der Waals surface area contributed by atoms with Gasteiger partial charge in [-0.05, 0) is 81.0 Å². The van der Waals surface area contributed by atoms with Crippen LogP contribution in [0, 0.1) is 23.2 Å². The van der Waals surface area contributed by atoms with Crippen molar-refractivity contribution in [3.8, 4) is 0 Å². The maximum absolute atomic E-state index is 12.2. The molecule has 4 aliphatic carbocycles. The normalized spacial score (nSPS) is 41.6. The molecule has 0 radical (unpaired) electrons. The lowest BCUT2D eigenvalue weighted by atomic mass is 9.50. The molecule has 5 N–H and O–H groups in total. The van der Waals surface area contributed by atoms with Crippen molar-refractivity contribution in [2.24, 2.45) is 23.2 Å². The van der Waals surface area contributed by atoms with Crippen LogP contribution in [0.4, 0.5) is 0 Å². The van der Waals surface area contributed by atoms with Gasteiger partial charge in [0.05, 0.1) is 25.4 Å². The Hall–Kier alpha value is -0.440. The summed E-state index contributed by atoms with van der Waals surface area (Å²) in [5.74, 6) is 2.57. The fourth-order valence-electron chi connectivity index (χ4n) is 6.84. The van der Waals surface area contributed by atoms with Crippen LogP contribution in [0.15, 0.2) is 0 Å². The van der Waals surface area contributed by atoms with Gasteiger partial charge in [-0.3, -0.25) is 10.1 Å². The smallest absolute Gasteiger partial charge is 0.239 e. The number of aliphatic hydroxyl groups is 3. The molecule has 0 aromatic rings. The van der Waals surface area contributed by atoms with E-state index in [2.05, 4.69) is 10.6 Å². The molecule has 174 valence electrons. The molecule has 30 heavy (non-hydrogen) atoms. The first kappa shape index (κ1) is 24.2. The standard InChI is InChI=1S/C22H38N2O5.ClH/c25-12-17-19(26)20(27)18(24-17)21(28)23-4-2-1-3-5-29-13-22-9-14-6-15(10-22)8-16(7-14)11-22;/h14-20,24-27H,1-13H2,(H,23,28);1H/t14?,15?,16?,17-,18-,19+,20-,22?;/m1./s1. The van der Waals surface area contributed by atoms with Gasteiger partial charge in [-0.1, -0.05) is 0 Å². The predicted molar refractivity (Wildman–Crippen MR) is 115 cm³/mol. The quantitative estimate of drug-likeness (QED) is 0.320. The van der Waals surface area contributed by atoms with Crippen molar-refractivity contribution >= 4 is 18.3 Å². The molecular formula is C22H39ClN2O5. The van der Waals surface area contributed by atoms with E-state index in [0.717, 1.165) is 50.2 Å². The summed E-state index contributed by atoms with van der Waals surface area (Å²) in [7, 11) is 0. The Bertz CT molecular complexity index is 542. The maximum Gasteiger partial charge on any atom is 0.239 e. The Morgan fingerprint density at radius 1 is 1.00 bits per heavy atom. The summed E-state index contributed by atoms with van der Waals surface area (Å²) in [4.78, 5) is 12.2. The van der Waals surface area contributed by atoms with E-state index in [0.29, 0.717) is 12.0 Å². The van der Waals surface area contributed by atoms with Crippen molar-refractivity contribution in [3.05, 3.63) is 0 Å². The highest BCUT2D eigenvalue weighted by Gasteiger charge is 2.50. The van der Waals surface area contributed by atoms with Gasteiger partial charge in [0.2, 0.25) is 5.91 Å². The molecule has 4 atom stereocenters. The van der Waals surface area contributed by atoms with Crippen LogP contribution in [0.25, 0.3) is 0 Å². The van der Waals surface area contributed by atoms with Gasteiger partial charge >= 0.3 is 0 Å². The molecule has 0 aromatic heterocycles. The lowest BCUT2D eigenvalue weighted by molar-refractivity contribution is -0.125. The minimum absolute atomic E-state index is 0. The molecule has 5 fully saturated rings. The highest BCUT2D eigenvalue weighted by molar-refractivity contribution is 5.85. The largest absolute Gasteiger partial charge is 0.395 e. The predicted octanol–water partition coefficient (Wildman–Crippen LogP) is 0.982. The van der Waals surface area contributed by atoms with Gasteiger partial charge in [0, 0.05) is 13.2 Å². The zero-order valence-electron chi connectivity index (χ0n) is 17.8. The van der Waals surface area contributed by atoms with Gasteiger partial charge in [-0.15, -0.1) is 12.4 Å². The first-order chi connectivity index (χ1) is 14.0. The summed E-state index contributed by atoms with van der Waals surface area (Å²) in [6, 6.07) is -1.53. The Labute approximate surface area is 185 Å². The summed E-state index contributed by atoms with van der Waals surface area (Å²) in [5.41, 5.74) is 0.481. The molecule has 1 aliphatic heterocycles. The maximum atomic E-state index is 12.2. The highest BCUT2D eigenvalue weighted by Crippen LogP contribution is 2.60. The van der Waals surface area contributed by atoms with Crippen LogP contribution in [-0.2, 0) is 9.53 Å². The van der Waals surface area contributed by atoms with E-state index in [4.69, 9.17) is 9.84 Å². The molecule has 7 nitrogen and oxygen atoms in total. The second kappa shape index (κ2) is 10.5. The molecule has 1 heterocycles. The van der Waals surface area contributed by atoms with Gasteiger partial charge < -0.3 is 25.4 Å². The molecule has 4 bridgehead atoms. The molecular weight excluding hydrogens is 408 g/mol. The second-order valence-corrected chi connectivity index (χ2v) is 10.2. The summed E-state index contributed by atoms with van der Waals surface area (Å²) in [6.45, 7) is 1.96. The second-order valence-electron chi connectivity index (χ2n) is 10.2. The Kier molecular flexibility index (Phi) is 8.43. The molecule has 5 aliphatic rings. The van der Waals surface area contributed by atoms with Gasteiger partial charge in [0.25, 0.3) is 0 Å². The third-order valence-electron chi connectivity index (χ3n) is 7.81. The summed E-state index contributed by atoms with van der Waals surface area (Å²) < 4.78 is 6.10. The lowest BCUT2D eigenvalue weighted by Gasteiger charge is -2.56. The number of hydrogen-bond acceptors (Lipinski definition) is 6. The third-order valence-corrected chi connectivity index (χ3v) is 7.81. The van der Waals surface area contributed by atoms with Gasteiger partial charge in [-0.25, -0.2) is 0 Å². The van der Waals surface area contributed by atoms with Gasteiger partial charge in [0.15, 0.2) is 0 Å². The van der Waals surface area contributed by atoms with Crippen molar-refractivity contribution in [2.45, 2.75) is 82.1 Å². The topological polar surface area (TPSA) is 111 Å². The number of nitrogens with one attached hydrogen (secondary N) is 2. The van der Waals surface area contributed by atoms with Crippen LogP contribution in [-0.4, -0.2) is 71.9 Å². The van der Waals surface area contributed by atoms with Crippen molar-refractivity contribution in [2.75, 3.05) is 26.4 Å². The van der Waals surface area contributed by atoms with Crippen LogP contribution < -0.4 is 10.6 Å². The van der Waals surface area contributed by atoms with E-state index in [-0.39, 0.29) is 24.9 Å². The third kappa shape index (κ3) is 5.30. The Morgan fingerprint density at radius 2 is 1.63 bits per heavy atom. The van der Waals surface area contributed by atoms with E-state index < -0.39 is 24.3 Å². The van der Waals surface area contributed by atoms with Crippen LogP contribution in [0.2, 0.25) is 0 Å². The average Bonchev–Trinajstić information content (AvgIpc) is 2.97. The van der Waals surface area contributed by atoms with Crippen LogP contribution in [0.3, 0.4) is 0 Å². The zero-order chi connectivity index (χ0) is 20.4. The number of hydrogen-bond donors (Lipinski definition) is 5. The fraction of sp³-hybridized carbons (Fsp3) is 0.955. The van der Waals surface area contributed by atoms with Crippen molar-refractivity contribution in [1.29, 1.82) is 0 Å². The Balaban J connectivity index is 0.00000256. The number of aliphatic hydroxyl groups excluding tert-OH is 3. The number of rotatable bonds is 10.